The van der Waals surface area contributed by atoms with E-state index in [1.54, 1.807) is 42.2 Å². The van der Waals surface area contributed by atoms with Crippen molar-refractivity contribution in [3.8, 4) is 5.75 Å². The lowest BCUT2D eigenvalue weighted by molar-refractivity contribution is -0.139. The van der Waals surface area contributed by atoms with Gasteiger partial charge in [-0.05, 0) is 37.1 Å². The third-order valence-electron chi connectivity index (χ3n) is 4.94. The number of nitrogens with zero attached hydrogens (tertiary/aromatic N) is 2. The smallest absolute Gasteiger partial charge is 0.263 e. The average molecular weight is 403 g/mol. The molecule has 2 aromatic carbocycles. The Balaban J connectivity index is 1.60. The molecular formula is C21H26N2O4S. The van der Waals surface area contributed by atoms with E-state index in [1.807, 2.05) is 31.2 Å². The maximum atomic E-state index is 12.8. The number of amides is 1. The van der Waals surface area contributed by atoms with Gasteiger partial charge in [-0.2, -0.15) is 4.31 Å². The Kier molecular flexibility index (Phi) is 6.36. The number of ether oxygens (including phenoxy) is 1. The summed E-state index contributed by atoms with van der Waals surface area (Å²) in [6.45, 7) is 5.05. The van der Waals surface area contributed by atoms with Gasteiger partial charge in [0.05, 0.1) is 4.90 Å². The molecule has 1 heterocycles. The Bertz CT molecular complexity index is 907. The average Bonchev–Trinajstić information content (AvgIpc) is 2.74. The predicted molar refractivity (Wildman–Crippen MR) is 108 cm³/mol. The van der Waals surface area contributed by atoms with Gasteiger partial charge in [0, 0.05) is 26.2 Å². The summed E-state index contributed by atoms with van der Waals surface area (Å²) in [6.07, 6.45) is 0.206. The second kappa shape index (κ2) is 8.75. The minimum atomic E-state index is -3.52. The van der Waals surface area contributed by atoms with E-state index in [-0.39, 0.29) is 23.9 Å². The highest BCUT2D eigenvalue weighted by molar-refractivity contribution is 7.89. The first kappa shape index (κ1) is 20.4. The number of rotatable bonds is 6. The van der Waals surface area contributed by atoms with Crippen LogP contribution < -0.4 is 4.74 Å². The largest absolute Gasteiger partial charge is 0.481 e. The van der Waals surface area contributed by atoms with Crippen molar-refractivity contribution >= 4 is 15.9 Å². The second-order valence-electron chi connectivity index (χ2n) is 6.76. The summed E-state index contributed by atoms with van der Waals surface area (Å²) < 4.78 is 32.7. The van der Waals surface area contributed by atoms with Gasteiger partial charge in [-0.1, -0.05) is 43.3 Å². The number of para-hydroxylation sites is 1. The quantitative estimate of drug-likeness (QED) is 0.745. The van der Waals surface area contributed by atoms with Crippen LogP contribution in [0.2, 0.25) is 0 Å². The zero-order valence-electron chi connectivity index (χ0n) is 16.2. The standard InChI is InChI=1S/C21H26N2O4S/c1-3-18-9-7-8-12-20(18)27-17(2)21(24)22-13-15-23(16-14-22)28(25,26)19-10-5-4-6-11-19/h4-12,17H,3,13-16H2,1-2H3/t17-/m0/s1. The van der Waals surface area contributed by atoms with Gasteiger partial charge >= 0.3 is 0 Å². The van der Waals surface area contributed by atoms with Gasteiger partial charge in [0.2, 0.25) is 10.0 Å². The minimum absolute atomic E-state index is 0.123. The number of aryl methyl sites for hydroxylation is 1. The van der Waals surface area contributed by atoms with Gasteiger partial charge in [-0.25, -0.2) is 8.42 Å². The molecule has 0 saturated carbocycles. The van der Waals surface area contributed by atoms with E-state index in [2.05, 4.69) is 0 Å². The normalized spacial score (nSPS) is 16.6. The first-order chi connectivity index (χ1) is 13.4. The summed E-state index contributed by atoms with van der Waals surface area (Å²) in [7, 11) is -3.52. The fraction of sp³-hybridized carbons (Fsp3) is 0.381. The number of benzene rings is 2. The topological polar surface area (TPSA) is 66.9 Å². The van der Waals surface area contributed by atoms with Gasteiger partial charge in [0.15, 0.2) is 6.10 Å². The number of hydrogen-bond acceptors (Lipinski definition) is 4. The van der Waals surface area contributed by atoms with Crippen LogP contribution in [-0.2, 0) is 21.2 Å². The fourth-order valence-electron chi connectivity index (χ4n) is 3.30. The van der Waals surface area contributed by atoms with Crippen LogP contribution in [0.15, 0.2) is 59.5 Å². The highest BCUT2D eigenvalue weighted by Gasteiger charge is 2.32. The first-order valence-electron chi connectivity index (χ1n) is 9.52. The van der Waals surface area contributed by atoms with Crippen molar-refractivity contribution in [1.29, 1.82) is 0 Å². The van der Waals surface area contributed by atoms with Gasteiger partial charge in [0.1, 0.15) is 5.75 Å². The van der Waals surface area contributed by atoms with Gasteiger partial charge in [-0.3, -0.25) is 4.79 Å². The molecule has 1 fully saturated rings. The van der Waals surface area contributed by atoms with E-state index in [0.29, 0.717) is 13.1 Å². The molecular weight excluding hydrogens is 376 g/mol. The molecule has 1 aliphatic rings. The van der Waals surface area contributed by atoms with E-state index in [1.165, 1.54) is 4.31 Å². The Hall–Kier alpha value is -2.38. The molecule has 0 spiro atoms. The van der Waals surface area contributed by atoms with Crippen molar-refractivity contribution in [3.63, 3.8) is 0 Å². The van der Waals surface area contributed by atoms with E-state index < -0.39 is 16.1 Å². The van der Waals surface area contributed by atoms with Crippen LogP contribution in [0.5, 0.6) is 5.75 Å². The maximum Gasteiger partial charge on any atom is 0.263 e. The zero-order chi connectivity index (χ0) is 20.1. The molecule has 1 amide bonds. The maximum absolute atomic E-state index is 12.8. The van der Waals surface area contributed by atoms with Crippen molar-refractivity contribution in [2.75, 3.05) is 26.2 Å². The molecule has 0 unspecified atom stereocenters. The Morgan fingerprint density at radius 2 is 1.61 bits per heavy atom. The predicted octanol–water partition coefficient (Wildman–Crippen LogP) is 2.55. The molecule has 6 nitrogen and oxygen atoms in total. The third kappa shape index (κ3) is 4.36. The third-order valence-corrected chi connectivity index (χ3v) is 6.85. The SMILES string of the molecule is CCc1ccccc1O[C@@H](C)C(=O)N1CCN(S(=O)(=O)c2ccccc2)CC1. The van der Waals surface area contributed by atoms with E-state index in [4.69, 9.17) is 4.74 Å². The van der Waals surface area contributed by atoms with Crippen LogP contribution in [0.25, 0.3) is 0 Å². The van der Waals surface area contributed by atoms with Crippen molar-refractivity contribution in [1.82, 2.24) is 9.21 Å². The van der Waals surface area contributed by atoms with Crippen molar-refractivity contribution in [2.45, 2.75) is 31.3 Å². The summed E-state index contributed by atoms with van der Waals surface area (Å²) in [5.41, 5.74) is 1.06. The number of sulfonamides is 1. The Morgan fingerprint density at radius 1 is 1.00 bits per heavy atom. The lowest BCUT2D eigenvalue weighted by atomic mass is 10.1. The van der Waals surface area contributed by atoms with Crippen molar-refractivity contribution < 1.29 is 17.9 Å². The molecule has 1 aliphatic heterocycles. The molecule has 1 saturated heterocycles. The molecule has 7 heteroatoms. The number of piperazine rings is 1. The highest BCUT2D eigenvalue weighted by Crippen LogP contribution is 2.21. The monoisotopic (exact) mass is 402 g/mol. The fourth-order valence-corrected chi connectivity index (χ4v) is 4.74. The van der Waals surface area contributed by atoms with E-state index in [9.17, 15) is 13.2 Å². The van der Waals surface area contributed by atoms with Crippen LogP contribution >= 0.6 is 0 Å². The van der Waals surface area contributed by atoms with Gasteiger partial charge < -0.3 is 9.64 Å². The summed E-state index contributed by atoms with van der Waals surface area (Å²) >= 11 is 0. The summed E-state index contributed by atoms with van der Waals surface area (Å²) in [5.74, 6) is 0.596. The van der Waals surface area contributed by atoms with E-state index >= 15 is 0 Å². The second-order valence-corrected chi connectivity index (χ2v) is 8.70. The summed E-state index contributed by atoms with van der Waals surface area (Å²) in [4.78, 5) is 14.7. The molecule has 0 radical (unpaired) electrons. The lowest BCUT2D eigenvalue weighted by Crippen LogP contribution is -2.53. The highest BCUT2D eigenvalue weighted by atomic mass is 32.2. The molecule has 0 aliphatic carbocycles. The van der Waals surface area contributed by atoms with Gasteiger partial charge in [-0.15, -0.1) is 0 Å². The van der Waals surface area contributed by atoms with Crippen LogP contribution in [0.4, 0.5) is 0 Å². The molecule has 28 heavy (non-hydrogen) atoms. The van der Waals surface area contributed by atoms with Crippen LogP contribution in [-0.4, -0.2) is 55.8 Å². The van der Waals surface area contributed by atoms with Crippen LogP contribution in [0.1, 0.15) is 19.4 Å². The molecule has 0 bridgehead atoms. The number of carbonyl (C=O) groups is 1. The summed E-state index contributed by atoms with van der Waals surface area (Å²) in [5, 5.41) is 0. The van der Waals surface area contributed by atoms with Crippen LogP contribution in [0.3, 0.4) is 0 Å². The molecule has 0 aromatic heterocycles. The Labute approximate surface area is 166 Å². The molecule has 2 aromatic rings. The lowest BCUT2D eigenvalue weighted by Gasteiger charge is -2.35. The number of hydrogen-bond donors (Lipinski definition) is 0. The molecule has 3 rings (SSSR count). The van der Waals surface area contributed by atoms with E-state index in [0.717, 1.165) is 17.7 Å². The first-order valence-corrected chi connectivity index (χ1v) is 11.0. The van der Waals surface area contributed by atoms with Crippen molar-refractivity contribution in [3.05, 3.63) is 60.2 Å². The summed E-state index contributed by atoms with van der Waals surface area (Å²) in [6, 6.07) is 16.1. The molecule has 150 valence electrons. The molecule has 0 N–H and O–H groups in total. The zero-order valence-corrected chi connectivity index (χ0v) is 17.1. The minimum Gasteiger partial charge on any atom is -0.481 e. The number of carbonyl (C=O) groups excluding carboxylic acids is 1. The Morgan fingerprint density at radius 3 is 2.25 bits per heavy atom. The van der Waals surface area contributed by atoms with Gasteiger partial charge in [0.25, 0.3) is 5.91 Å². The van der Waals surface area contributed by atoms with Crippen molar-refractivity contribution in [2.24, 2.45) is 0 Å². The molecule has 1 atom stereocenters. The van der Waals surface area contributed by atoms with Crippen LogP contribution in [0, 0.1) is 0 Å².